The standard InChI is InChI=1S/C15H22N2O/c1-2-17(12-13-7-4-3-5-8-13)14(18)11-15(16)9-6-10-15/h3-5,7-8H,2,6,9-12,16H2,1H3. The van der Waals surface area contributed by atoms with Gasteiger partial charge in [0.2, 0.25) is 5.91 Å². The molecule has 3 nitrogen and oxygen atoms in total. The van der Waals surface area contributed by atoms with Crippen LogP contribution in [0.3, 0.4) is 0 Å². The van der Waals surface area contributed by atoms with Crippen LogP contribution in [-0.4, -0.2) is 22.9 Å². The lowest BCUT2D eigenvalue weighted by molar-refractivity contribution is -0.133. The Labute approximate surface area is 109 Å². The molecule has 0 radical (unpaired) electrons. The number of hydrogen-bond donors (Lipinski definition) is 1. The number of hydrogen-bond acceptors (Lipinski definition) is 2. The van der Waals surface area contributed by atoms with E-state index in [0.717, 1.165) is 25.8 Å². The lowest BCUT2D eigenvalue weighted by Gasteiger charge is -2.38. The van der Waals surface area contributed by atoms with Gasteiger partial charge in [0.1, 0.15) is 0 Å². The molecule has 1 aliphatic carbocycles. The number of carbonyl (C=O) groups is 1. The van der Waals surface area contributed by atoms with Crippen LogP contribution in [0.5, 0.6) is 0 Å². The maximum absolute atomic E-state index is 12.2. The molecule has 0 bridgehead atoms. The molecule has 3 heteroatoms. The first-order chi connectivity index (χ1) is 8.63. The lowest BCUT2D eigenvalue weighted by atomic mass is 9.75. The van der Waals surface area contributed by atoms with E-state index in [-0.39, 0.29) is 11.4 Å². The van der Waals surface area contributed by atoms with Crippen LogP contribution in [0.4, 0.5) is 0 Å². The lowest BCUT2D eigenvalue weighted by Crippen LogP contribution is -2.50. The van der Waals surface area contributed by atoms with Gasteiger partial charge in [0.05, 0.1) is 0 Å². The van der Waals surface area contributed by atoms with Crippen molar-refractivity contribution in [3.8, 4) is 0 Å². The second-order valence-corrected chi connectivity index (χ2v) is 5.29. The molecule has 0 spiro atoms. The molecule has 1 aromatic rings. The highest BCUT2D eigenvalue weighted by atomic mass is 16.2. The SMILES string of the molecule is CCN(Cc1ccccc1)C(=O)CC1(N)CCC1. The van der Waals surface area contributed by atoms with Gasteiger partial charge < -0.3 is 10.6 Å². The summed E-state index contributed by atoms with van der Waals surface area (Å²) in [6, 6.07) is 10.1. The van der Waals surface area contributed by atoms with Crippen LogP contribution in [0, 0.1) is 0 Å². The van der Waals surface area contributed by atoms with Crippen molar-refractivity contribution in [1.82, 2.24) is 4.90 Å². The highest BCUT2D eigenvalue weighted by molar-refractivity contribution is 5.77. The fourth-order valence-corrected chi connectivity index (χ4v) is 2.40. The third-order valence-corrected chi connectivity index (χ3v) is 3.80. The van der Waals surface area contributed by atoms with Crippen molar-refractivity contribution in [2.24, 2.45) is 5.73 Å². The first-order valence-electron chi connectivity index (χ1n) is 6.73. The molecule has 2 N–H and O–H groups in total. The van der Waals surface area contributed by atoms with Gasteiger partial charge in [0.25, 0.3) is 0 Å². The van der Waals surface area contributed by atoms with E-state index in [1.54, 1.807) is 0 Å². The van der Waals surface area contributed by atoms with Crippen LogP contribution in [0.2, 0.25) is 0 Å². The molecule has 0 saturated heterocycles. The summed E-state index contributed by atoms with van der Waals surface area (Å²) in [6.07, 6.45) is 3.63. The zero-order valence-electron chi connectivity index (χ0n) is 11.1. The first kappa shape index (κ1) is 13.1. The number of benzene rings is 1. The Balaban J connectivity index is 1.93. The van der Waals surface area contributed by atoms with Crippen molar-refractivity contribution in [3.63, 3.8) is 0 Å². The van der Waals surface area contributed by atoms with Gasteiger partial charge in [-0.1, -0.05) is 30.3 Å². The van der Waals surface area contributed by atoms with E-state index >= 15 is 0 Å². The Kier molecular flexibility index (Phi) is 4.02. The van der Waals surface area contributed by atoms with Crippen LogP contribution in [0.15, 0.2) is 30.3 Å². The molecule has 0 aromatic heterocycles. The molecule has 0 aliphatic heterocycles. The molecule has 0 unspecified atom stereocenters. The zero-order chi connectivity index (χ0) is 13.0. The highest BCUT2D eigenvalue weighted by Gasteiger charge is 2.35. The first-order valence-corrected chi connectivity index (χ1v) is 6.73. The number of carbonyl (C=O) groups excluding carboxylic acids is 1. The van der Waals surface area contributed by atoms with Gasteiger partial charge in [-0.15, -0.1) is 0 Å². The number of nitrogens with two attached hydrogens (primary N) is 1. The Bertz CT molecular complexity index is 398. The summed E-state index contributed by atoms with van der Waals surface area (Å²) >= 11 is 0. The zero-order valence-corrected chi connectivity index (χ0v) is 11.1. The Morgan fingerprint density at radius 3 is 2.50 bits per heavy atom. The minimum Gasteiger partial charge on any atom is -0.339 e. The van der Waals surface area contributed by atoms with Gasteiger partial charge in [-0.25, -0.2) is 0 Å². The van der Waals surface area contributed by atoms with Crippen molar-refractivity contribution in [1.29, 1.82) is 0 Å². The predicted octanol–water partition coefficient (Wildman–Crippen LogP) is 2.31. The van der Waals surface area contributed by atoms with Crippen molar-refractivity contribution in [2.45, 2.75) is 44.7 Å². The normalized spacial score (nSPS) is 17.0. The third kappa shape index (κ3) is 3.10. The van der Waals surface area contributed by atoms with Gasteiger partial charge >= 0.3 is 0 Å². The minimum atomic E-state index is -0.221. The minimum absolute atomic E-state index is 0.184. The molecule has 1 aliphatic rings. The van der Waals surface area contributed by atoms with Crippen LogP contribution in [0.1, 0.15) is 38.2 Å². The quantitative estimate of drug-likeness (QED) is 0.866. The number of rotatable bonds is 5. The van der Waals surface area contributed by atoms with Gasteiger partial charge in [-0.3, -0.25) is 4.79 Å². The van der Waals surface area contributed by atoms with E-state index in [0.29, 0.717) is 13.0 Å². The molecule has 0 atom stereocenters. The van der Waals surface area contributed by atoms with Gasteiger partial charge in [-0.2, -0.15) is 0 Å². The Hall–Kier alpha value is -1.35. The fourth-order valence-electron chi connectivity index (χ4n) is 2.40. The molecule has 0 heterocycles. The molecular formula is C15H22N2O. The highest BCUT2D eigenvalue weighted by Crippen LogP contribution is 2.32. The molecule has 98 valence electrons. The van der Waals surface area contributed by atoms with E-state index in [4.69, 9.17) is 5.73 Å². The summed E-state index contributed by atoms with van der Waals surface area (Å²) in [5, 5.41) is 0. The topological polar surface area (TPSA) is 46.3 Å². The van der Waals surface area contributed by atoms with Gasteiger partial charge in [0.15, 0.2) is 0 Å². The summed E-state index contributed by atoms with van der Waals surface area (Å²) in [6.45, 7) is 3.45. The summed E-state index contributed by atoms with van der Waals surface area (Å²) in [5.74, 6) is 0.184. The van der Waals surface area contributed by atoms with Gasteiger partial charge in [-0.05, 0) is 31.7 Å². The summed E-state index contributed by atoms with van der Waals surface area (Å²) in [4.78, 5) is 14.1. The maximum atomic E-state index is 12.2. The van der Waals surface area contributed by atoms with E-state index in [9.17, 15) is 4.79 Å². The van der Waals surface area contributed by atoms with E-state index in [1.807, 2.05) is 30.0 Å². The molecule has 18 heavy (non-hydrogen) atoms. The second-order valence-electron chi connectivity index (χ2n) is 5.29. The van der Waals surface area contributed by atoms with Crippen LogP contribution >= 0.6 is 0 Å². The molecule has 1 fully saturated rings. The van der Waals surface area contributed by atoms with Crippen molar-refractivity contribution in [3.05, 3.63) is 35.9 Å². The van der Waals surface area contributed by atoms with E-state index in [2.05, 4.69) is 12.1 Å². The number of nitrogens with zero attached hydrogens (tertiary/aromatic N) is 1. The summed E-state index contributed by atoms with van der Waals surface area (Å²) < 4.78 is 0. The third-order valence-electron chi connectivity index (χ3n) is 3.80. The Morgan fingerprint density at radius 2 is 2.00 bits per heavy atom. The Morgan fingerprint density at radius 1 is 1.33 bits per heavy atom. The molecule has 1 aromatic carbocycles. The van der Waals surface area contributed by atoms with E-state index in [1.165, 1.54) is 5.56 Å². The van der Waals surface area contributed by atoms with Crippen molar-refractivity contribution >= 4 is 5.91 Å². The fraction of sp³-hybridized carbons (Fsp3) is 0.533. The van der Waals surface area contributed by atoms with Crippen LogP contribution < -0.4 is 5.73 Å². The largest absolute Gasteiger partial charge is 0.339 e. The summed E-state index contributed by atoms with van der Waals surface area (Å²) in [5.41, 5.74) is 7.09. The smallest absolute Gasteiger partial charge is 0.224 e. The molecular weight excluding hydrogens is 224 g/mol. The van der Waals surface area contributed by atoms with Crippen molar-refractivity contribution in [2.75, 3.05) is 6.54 Å². The van der Waals surface area contributed by atoms with Crippen LogP contribution in [-0.2, 0) is 11.3 Å². The van der Waals surface area contributed by atoms with Gasteiger partial charge in [0, 0.05) is 25.0 Å². The molecule has 1 amide bonds. The maximum Gasteiger partial charge on any atom is 0.224 e. The number of amides is 1. The monoisotopic (exact) mass is 246 g/mol. The molecule has 1 saturated carbocycles. The van der Waals surface area contributed by atoms with E-state index < -0.39 is 0 Å². The predicted molar refractivity (Wildman–Crippen MR) is 72.9 cm³/mol. The average molecular weight is 246 g/mol. The second kappa shape index (κ2) is 5.53. The van der Waals surface area contributed by atoms with Crippen molar-refractivity contribution < 1.29 is 4.79 Å². The average Bonchev–Trinajstić information content (AvgIpc) is 2.35. The van der Waals surface area contributed by atoms with Crippen LogP contribution in [0.25, 0.3) is 0 Å². The molecule has 2 rings (SSSR count). The summed E-state index contributed by atoms with van der Waals surface area (Å²) in [7, 11) is 0.